The van der Waals surface area contributed by atoms with Crippen molar-refractivity contribution in [2.75, 3.05) is 60.7 Å². The molecule has 0 unspecified atom stereocenters. The van der Waals surface area contributed by atoms with Crippen LogP contribution >= 0.6 is 0 Å². The third-order valence-corrected chi connectivity index (χ3v) is 13.4. The lowest BCUT2D eigenvalue weighted by Crippen LogP contribution is -2.54. The number of carbonyl (C=O) groups is 4. The van der Waals surface area contributed by atoms with Crippen LogP contribution in [0.15, 0.2) is 35.3 Å². The Balaban J connectivity index is 1.82. The van der Waals surface area contributed by atoms with Crippen molar-refractivity contribution in [3.05, 3.63) is 35.9 Å². The van der Waals surface area contributed by atoms with Gasteiger partial charge in [0.2, 0.25) is 27.7 Å². The van der Waals surface area contributed by atoms with Crippen molar-refractivity contribution in [2.24, 2.45) is 28.7 Å². The Kier molecular flexibility index (Phi) is 19.1. The molecule has 0 aliphatic carbocycles. The van der Waals surface area contributed by atoms with Crippen LogP contribution in [0, 0.1) is 23.7 Å². The van der Waals surface area contributed by atoms with Gasteiger partial charge in [0, 0.05) is 73.3 Å². The summed E-state index contributed by atoms with van der Waals surface area (Å²) in [6.07, 6.45) is 1.91. The molecule has 2 fully saturated rings. The molecule has 2 saturated heterocycles. The van der Waals surface area contributed by atoms with E-state index in [1.807, 2.05) is 65.2 Å². The lowest BCUT2D eigenvalue weighted by Gasteiger charge is -2.40. The summed E-state index contributed by atoms with van der Waals surface area (Å²) < 4.78 is 39.7. The minimum Gasteiger partial charge on any atom is -0.379 e. The van der Waals surface area contributed by atoms with Crippen LogP contribution in [0.3, 0.4) is 0 Å². The van der Waals surface area contributed by atoms with E-state index >= 15 is 0 Å². The van der Waals surface area contributed by atoms with Crippen LogP contribution in [0.25, 0.3) is 0 Å². The zero-order valence-corrected chi connectivity index (χ0v) is 37.8. The normalized spacial score (nSPS) is 19.7. The van der Waals surface area contributed by atoms with Crippen molar-refractivity contribution in [1.82, 2.24) is 24.3 Å². The average Bonchev–Trinajstić information content (AvgIpc) is 3.80. The van der Waals surface area contributed by atoms with Crippen molar-refractivity contribution in [1.29, 1.82) is 0 Å². The number of benzene rings is 1. The number of nitrogens with zero attached hydrogens (tertiary/aromatic N) is 5. The SMILES string of the molecule is CCCCS(=O)(=O)NC(=O)[C@@H](CC(=O)[C@H](C)[C@@H](OC)[C@@H]1CCCN1C(=O)C[C@@H](OC)[C@H]([C@@H](C)CC)N(C)C(=O)[C@@H](N=C1N(C)CCN1C)C(C)C)Cc1ccccc1. The van der Waals surface area contributed by atoms with Crippen LogP contribution in [0.2, 0.25) is 0 Å². The molecule has 0 saturated carbocycles. The third kappa shape index (κ3) is 13.0. The van der Waals surface area contributed by atoms with E-state index in [0.29, 0.717) is 25.8 Å². The van der Waals surface area contributed by atoms with Gasteiger partial charge in [0.25, 0.3) is 0 Å². The number of unbranched alkanes of at least 4 members (excludes halogenated alkanes) is 1. The van der Waals surface area contributed by atoms with Crippen LogP contribution in [-0.2, 0) is 45.1 Å². The van der Waals surface area contributed by atoms with E-state index in [4.69, 9.17) is 14.5 Å². The maximum Gasteiger partial charge on any atom is 0.247 e. The van der Waals surface area contributed by atoms with Gasteiger partial charge in [-0.3, -0.25) is 23.9 Å². The zero-order chi connectivity index (χ0) is 43.3. The number of carbonyl (C=O) groups excluding carboxylic acids is 4. The molecule has 0 aromatic heterocycles. The molecule has 0 spiro atoms. The first-order valence-electron chi connectivity index (χ1n) is 21.1. The van der Waals surface area contributed by atoms with E-state index < -0.39 is 58.1 Å². The monoisotopic (exact) mass is 833 g/mol. The van der Waals surface area contributed by atoms with Gasteiger partial charge in [0.15, 0.2) is 5.96 Å². The van der Waals surface area contributed by atoms with Gasteiger partial charge in [-0.1, -0.05) is 84.7 Å². The molecule has 0 radical (unpaired) electrons. The van der Waals surface area contributed by atoms with Gasteiger partial charge in [-0.05, 0) is 43.1 Å². The first kappa shape index (κ1) is 48.8. The van der Waals surface area contributed by atoms with Crippen molar-refractivity contribution >= 4 is 39.5 Å². The number of ketones is 1. The number of hydrogen-bond acceptors (Lipinski definition) is 9. The van der Waals surface area contributed by atoms with Gasteiger partial charge in [0.05, 0.1) is 36.5 Å². The highest BCUT2D eigenvalue weighted by atomic mass is 32.2. The van der Waals surface area contributed by atoms with Crippen LogP contribution in [0.5, 0.6) is 0 Å². The summed E-state index contributed by atoms with van der Waals surface area (Å²) in [7, 11) is 4.98. The molecule has 8 atom stereocenters. The Morgan fingerprint density at radius 2 is 1.59 bits per heavy atom. The summed E-state index contributed by atoms with van der Waals surface area (Å²) >= 11 is 0. The zero-order valence-electron chi connectivity index (χ0n) is 37.0. The Morgan fingerprint density at radius 1 is 0.948 bits per heavy atom. The number of aliphatic imine (C=N–C) groups is 1. The average molecular weight is 833 g/mol. The van der Waals surface area contributed by atoms with Crippen LogP contribution < -0.4 is 4.72 Å². The number of amides is 3. The number of sulfonamides is 1. The number of hydrogen-bond donors (Lipinski definition) is 1. The minimum absolute atomic E-state index is 0.00500. The lowest BCUT2D eigenvalue weighted by molar-refractivity contribution is -0.146. The minimum atomic E-state index is -3.86. The summed E-state index contributed by atoms with van der Waals surface area (Å²) in [6.45, 7) is 13.9. The molecule has 2 aliphatic rings. The second-order valence-corrected chi connectivity index (χ2v) is 18.6. The molecule has 2 aliphatic heterocycles. The fourth-order valence-corrected chi connectivity index (χ4v) is 9.60. The topological polar surface area (TPSA) is 158 Å². The molecular weight excluding hydrogens is 761 g/mol. The quantitative estimate of drug-likeness (QED) is 0.169. The number of rotatable bonds is 23. The molecule has 1 aromatic rings. The summed E-state index contributed by atoms with van der Waals surface area (Å²) in [5.74, 6) is -2.31. The first-order chi connectivity index (χ1) is 27.4. The second kappa shape index (κ2) is 22.7. The van der Waals surface area contributed by atoms with Gasteiger partial charge < -0.3 is 29.1 Å². The molecular formula is C43H72N6O8S. The van der Waals surface area contributed by atoms with Crippen LogP contribution in [0.4, 0.5) is 0 Å². The van der Waals surface area contributed by atoms with Gasteiger partial charge >= 0.3 is 0 Å². The second-order valence-electron chi connectivity index (χ2n) is 16.7. The van der Waals surface area contributed by atoms with Crippen molar-refractivity contribution < 1.29 is 37.1 Å². The molecule has 1 aromatic carbocycles. The number of guanidine groups is 1. The smallest absolute Gasteiger partial charge is 0.247 e. The number of methoxy groups -OCH3 is 2. The fraction of sp³-hybridized carbons (Fsp3) is 0.744. The summed E-state index contributed by atoms with van der Waals surface area (Å²) in [5, 5.41) is 0. The van der Waals surface area contributed by atoms with E-state index in [9.17, 15) is 27.6 Å². The summed E-state index contributed by atoms with van der Waals surface area (Å²) in [5.41, 5.74) is 0.808. The number of likely N-dealkylation sites (tertiary alicyclic amines) is 1. The van der Waals surface area contributed by atoms with Crippen LogP contribution in [0.1, 0.15) is 92.1 Å². The lowest BCUT2D eigenvalue weighted by atomic mass is 9.85. The summed E-state index contributed by atoms with van der Waals surface area (Å²) in [4.78, 5) is 68.7. The molecule has 58 heavy (non-hydrogen) atoms. The van der Waals surface area contributed by atoms with Crippen molar-refractivity contribution in [3.8, 4) is 0 Å². The molecule has 0 bridgehead atoms. The number of likely N-dealkylation sites (N-methyl/N-ethyl adjacent to an activating group) is 3. The molecule has 2 heterocycles. The first-order valence-corrected chi connectivity index (χ1v) is 22.8. The Bertz CT molecular complexity index is 1630. The molecule has 3 amide bonds. The number of nitrogens with one attached hydrogen (secondary N) is 1. The van der Waals surface area contributed by atoms with E-state index in [1.165, 1.54) is 7.11 Å². The van der Waals surface area contributed by atoms with E-state index in [1.54, 1.807) is 30.9 Å². The number of Topliss-reactive ketones (excluding diaryl/α,β-unsaturated/α-hetero) is 1. The third-order valence-electron chi connectivity index (χ3n) is 12.1. The largest absolute Gasteiger partial charge is 0.379 e. The van der Waals surface area contributed by atoms with E-state index in [2.05, 4.69) is 28.4 Å². The predicted molar refractivity (Wildman–Crippen MR) is 228 cm³/mol. The van der Waals surface area contributed by atoms with Gasteiger partial charge in [-0.2, -0.15) is 0 Å². The highest BCUT2D eigenvalue weighted by Gasteiger charge is 2.43. The van der Waals surface area contributed by atoms with Gasteiger partial charge in [-0.15, -0.1) is 0 Å². The van der Waals surface area contributed by atoms with Gasteiger partial charge in [-0.25, -0.2) is 13.4 Å². The molecule has 15 heteroatoms. The Morgan fingerprint density at radius 3 is 2.14 bits per heavy atom. The standard InChI is InChI=1S/C43H72N6O8S/c1-12-14-25-58(54,55)45-41(52)33(26-32-19-16-15-17-20-32)27-35(50)31(6)40(57-11)34-21-18-22-49(34)37(51)28-36(56-10)39(30(5)13-2)48(9)42(53)38(29(3)4)44-43-46(7)23-24-47(43)8/h15-17,19-20,29-31,33-34,36,38-40H,12-14,18,21-28H2,1-11H3,(H,45,52)/t30-,31-,33+,34-,36+,38-,39-,40+/m0/s1. The fourth-order valence-electron chi connectivity index (χ4n) is 8.36. The molecule has 3 rings (SSSR count). The highest BCUT2D eigenvalue weighted by Crippen LogP contribution is 2.31. The molecule has 1 N–H and O–H groups in total. The Labute approximate surface area is 348 Å². The van der Waals surface area contributed by atoms with E-state index in [-0.39, 0.29) is 54.4 Å². The Hall–Kier alpha value is -3.56. The highest BCUT2D eigenvalue weighted by molar-refractivity contribution is 7.90. The predicted octanol–water partition coefficient (Wildman–Crippen LogP) is 4.23. The summed E-state index contributed by atoms with van der Waals surface area (Å²) in [6, 6.07) is 7.77. The maximum atomic E-state index is 14.3. The van der Waals surface area contributed by atoms with Crippen LogP contribution in [-0.4, -0.2) is 149 Å². The maximum absolute atomic E-state index is 14.3. The number of ether oxygens (including phenoxy) is 2. The van der Waals surface area contributed by atoms with E-state index in [0.717, 1.165) is 37.5 Å². The van der Waals surface area contributed by atoms with Crippen molar-refractivity contribution in [3.63, 3.8) is 0 Å². The molecule has 14 nitrogen and oxygen atoms in total. The van der Waals surface area contributed by atoms with Crippen molar-refractivity contribution in [2.45, 2.75) is 123 Å². The van der Waals surface area contributed by atoms with Gasteiger partial charge in [0.1, 0.15) is 11.8 Å². The molecule has 328 valence electrons.